The van der Waals surface area contributed by atoms with Gasteiger partial charge in [-0.2, -0.15) is 18.3 Å². The quantitative estimate of drug-likeness (QED) is 0.199. The number of hydrogen-bond donors (Lipinski definition) is 1. The smallest absolute Gasteiger partial charge is 0.337 e. The predicted molar refractivity (Wildman–Crippen MR) is 175 cm³/mol. The van der Waals surface area contributed by atoms with Crippen molar-refractivity contribution in [3.63, 3.8) is 0 Å². The van der Waals surface area contributed by atoms with Crippen molar-refractivity contribution in [1.82, 2.24) is 29.0 Å². The van der Waals surface area contributed by atoms with Gasteiger partial charge in [0.25, 0.3) is 0 Å². The number of benzene rings is 1. The molecule has 5 heterocycles. The van der Waals surface area contributed by atoms with Gasteiger partial charge in [0.2, 0.25) is 11.8 Å². The molecule has 8 rings (SSSR count). The van der Waals surface area contributed by atoms with Crippen molar-refractivity contribution >= 4 is 40.0 Å². The number of rotatable bonds is 7. The second-order valence-corrected chi connectivity index (χ2v) is 14.1. The first-order valence-electron chi connectivity index (χ1n) is 16.4. The molecule has 1 N–H and O–H groups in total. The molecule has 0 radical (unpaired) electrons. The SMILES string of the molecule is CC(=O)c1cn(CC(=O)N2[C@H](C(=O)Nc3nc(C(F)(F)F)ccc3C3CC3)C[C@@]3(C)C[C@@H]23)c2c(C)cc(-c3cnc4cc(C)nn4c3)cc12. The third-order valence-electron chi connectivity index (χ3n) is 10.3. The van der Waals surface area contributed by atoms with E-state index in [1.165, 1.54) is 13.0 Å². The van der Waals surface area contributed by atoms with E-state index >= 15 is 0 Å². The molecule has 2 saturated carbocycles. The van der Waals surface area contributed by atoms with Gasteiger partial charge in [-0.15, -0.1) is 0 Å². The van der Waals surface area contributed by atoms with E-state index in [0.717, 1.165) is 58.9 Å². The summed E-state index contributed by atoms with van der Waals surface area (Å²) in [7, 11) is 0. The summed E-state index contributed by atoms with van der Waals surface area (Å²) in [6, 6.07) is 7.10. The number of alkyl halides is 3. The van der Waals surface area contributed by atoms with Crippen LogP contribution in [-0.4, -0.2) is 58.7 Å². The third-order valence-corrected chi connectivity index (χ3v) is 10.3. The summed E-state index contributed by atoms with van der Waals surface area (Å²) >= 11 is 0. The lowest BCUT2D eigenvalue weighted by Crippen LogP contribution is -2.46. The van der Waals surface area contributed by atoms with Crippen LogP contribution in [0.1, 0.15) is 78.3 Å². The van der Waals surface area contributed by atoms with E-state index in [9.17, 15) is 27.6 Å². The van der Waals surface area contributed by atoms with Crippen molar-refractivity contribution in [2.75, 3.05) is 5.32 Å². The molecule has 3 atom stereocenters. The normalized spacial score (nSPS) is 21.7. The van der Waals surface area contributed by atoms with Gasteiger partial charge in [0.15, 0.2) is 11.4 Å². The third kappa shape index (κ3) is 5.35. The number of hydrogen-bond acceptors (Lipinski definition) is 6. The number of anilines is 1. The van der Waals surface area contributed by atoms with Gasteiger partial charge >= 0.3 is 6.18 Å². The number of pyridine rings is 1. The fourth-order valence-electron chi connectivity index (χ4n) is 7.61. The van der Waals surface area contributed by atoms with Crippen LogP contribution in [0, 0.1) is 19.3 Å². The highest BCUT2D eigenvalue weighted by molar-refractivity contribution is 6.09. The first-order valence-corrected chi connectivity index (χ1v) is 16.4. The summed E-state index contributed by atoms with van der Waals surface area (Å²) in [4.78, 5) is 50.7. The molecule has 2 amide bonds. The Morgan fingerprint density at radius 1 is 1.04 bits per heavy atom. The number of amides is 2. The van der Waals surface area contributed by atoms with Crippen LogP contribution in [0.5, 0.6) is 0 Å². The Labute approximate surface area is 279 Å². The van der Waals surface area contributed by atoms with Crippen molar-refractivity contribution in [1.29, 1.82) is 0 Å². The van der Waals surface area contributed by atoms with E-state index in [4.69, 9.17) is 0 Å². The number of halogens is 3. The van der Waals surface area contributed by atoms with Gasteiger partial charge in [0.05, 0.1) is 11.2 Å². The van der Waals surface area contributed by atoms with Crippen LogP contribution in [0.3, 0.4) is 0 Å². The summed E-state index contributed by atoms with van der Waals surface area (Å²) in [6.07, 6.45) is 3.44. The van der Waals surface area contributed by atoms with Gasteiger partial charge in [-0.25, -0.2) is 14.5 Å². The van der Waals surface area contributed by atoms with Gasteiger partial charge in [-0.05, 0) is 92.7 Å². The number of likely N-dealkylation sites (tertiary alicyclic amines) is 1. The minimum atomic E-state index is -4.66. The number of ketones is 1. The van der Waals surface area contributed by atoms with Crippen LogP contribution in [0.2, 0.25) is 0 Å². The predicted octanol–water partition coefficient (Wildman–Crippen LogP) is 6.48. The average molecular weight is 670 g/mol. The number of nitrogens with zero attached hydrogens (tertiary/aromatic N) is 6. The summed E-state index contributed by atoms with van der Waals surface area (Å²) in [5.74, 6) is -1.04. The van der Waals surface area contributed by atoms with E-state index < -0.39 is 23.8 Å². The molecule has 3 aliphatic rings. The first-order chi connectivity index (χ1) is 23.2. The molecule has 2 aliphatic carbocycles. The van der Waals surface area contributed by atoms with Crippen molar-refractivity contribution in [3.8, 4) is 11.1 Å². The topological polar surface area (TPSA) is 114 Å². The molecule has 1 aliphatic heterocycles. The van der Waals surface area contributed by atoms with Gasteiger partial charge in [-0.3, -0.25) is 14.4 Å². The molecular formula is C36H34F3N7O3. The Morgan fingerprint density at radius 2 is 1.82 bits per heavy atom. The fourth-order valence-corrected chi connectivity index (χ4v) is 7.61. The van der Waals surface area contributed by atoms with Gasteiger partial charge in [0, 0.05) is 47.2 Å². The fraction of sp³-hybridized carbons (Fsp3) is 0.389. The Morgan fingerprint density at radius 3 is 2.53 bits per heavy atom. The molecule has 10 nitrogen and oxygen atoms in total. The Balaban J connectivity index is 1.10. The van der Waals surface area contributed by atoms with Crippen LogP contribution in [0.15, 0.2) is 48.9 Å². The number of piperidine rings is 1. The largest absolute Gasteiger partial charge is 0.433 e. The van der Waals surface area contributed by atoms with Gasteiger partial charge < -0.3 is 14.8 Å². The van der Waals surface area contributed by atoms with Crippen molar-refractivity contribution < 1.29 is 27.6 Å². The maximum absolute atomic E-state index is 14.1. The molecule has 13 heteroatoms. The minimum Gasteiger partial charge on any atom is -0.337 e. The van der Waals surface area contributed by atoms with E-state index in [1.54, 1.807) is 26.4 Å². The molecule has 0 unspecified atom stereocenters. The number of nitrogens with one attached hydrogen (secondary N) is 1. The minimum absolute atomic E-state index is 0.0486. The van der Waals surface area contributed by atoms with Crippen molar-refractivity contribution in [2.45, 2.75) is 84.1 Å². The van der Waals surface area contributed by atoms with Crippen LogP contribution in [-0.2, 0) is 22.3 Å². The molecular weight excluding hydrogens is 635 g/mol. The van der Waals surface area contributed by atoms with Crippen LogP contribution in [0.25, 0.3) is 27.7 Å². The van der Waals surface area contributed by atoms with Crippen molar-refractivity contribution in [2.24, 2.45) is 5.41 Å². The Hall–Kier alpha value is -5.07. The number of carbonyl (C=O) groups excluding carboxylic acids is 3. The molecule has 3 fully saturated rings. The molecule has 1 aromatic carbocycles. The summed E-state index contributed by atoms with van der Waals surface area (Å²) in [6.45, 7) is 7.20. The average Bonchev–Trinajstić information content (AvgIpc) is 3.87. The monoisotopic (exact) mass is 669 g/mol. The van der Waals surface area contributed by atoms with Crippen LogP contribution in [0.4, 0.5) is 19.0 Å². The summed E-state index contributed by atoms with van der Waals surface area (Å²) < 4.78 is 44.1. The molecule has 5 aromatic rings. The molecule has 0 spiro atoms. The second kappa shape index (κ2) is 10.7. The number of fused-ring (bicyclic) bond motifs is 3. The van der Waals surface area contributed by atoms with Crippen molar-refractivity contribution in [3.05, 3.63) is 77.0 Å². The lowest BCUT2D eigenvalue weighted by Gasteiger charge is -2.27. The molecule has 4 aromatic heterocycles. The highest BCUT2D eigenvalue weighted by atomic mass is 19.4. The molecule has 49 heavy (non-hydrogen) atoms. The zero-order chi connectivity index (χ0) is 34.6. The van der Waals surface area contributed by atoms with E-state index in [-0.39, 0.29) is 41.4 Å². The first kappa shape index (κ1) is 31.2. The molecule has 0 bridgehead atoms. The zero-order valence-corrected chi connectivity index (χ0v) is 27.4. The molecule has 1 saturated heterocycles. The number of Topliss-reactive ketones (excluding diaryl/α,β-unsaturated/α-hetero) is 1. The Bertz CT molecular complexity index is 2230. The van der Waals surface area contributed by atoms with E-state index in [0.29, 0.717) is 22.9 Å². The van der Waals surface area contributed by atoms with Crippen LogP contribution >= 0.6 is 0 Å². The Kier molecular flexibility index (Phi) is 6.83. The zero-order valence-electron chi connectivity index (χ0n) is 27.4. The standard InChI is InChI=1S/C36H34F3N7O3/c1-18-9-22(23-14-40-30-10-19(2)43-45(30)15-23)11-25-26(20(3)47)16-44(32(18)25)17-31(48)46-27(12-35(4)13-29(35)46)34(49)42-33-24(21-5-6-21)7-8-28(41-33)36(37,38)39/h7-11,14-16,21,27,29H,5-6,12-13,17H2,1-4H3,(H,41,42,49)/t27-,29+,35-/m0/s1. The highest BCUT2D eigenvalue weighted by Crippen LogP contribution is 2.59. The highest BCUT2D eigenvalue weighted by Gasteiger charge is 2.64. The summed E-state index contributed by atoms with van der Waals surface area (Å²) in [5, 5.41) is 7.84. The molecule has 252 valence electrons. The maximum atomic E-state index is 14.1. The lowest BCUT2D eigenvalue weighted by atomic mass is 10.0. The van der Waals surface area contributed by atoms with Crippen LogP contribution < -0.4 is 5.32 Å². The van der Waals surface area contributed by atoms with Gasteiger partial charge in [-0.1, -0.05) is 13.0 Å². The number of aryl methyl sites for hydroxylation is 2. The number of carbonyl (C=O) groups is 3. The van der Waals surface area contributed by atoms with E-state index in [1.807, 2.05) is 45.2 Å². The van der Waals surface area contributed by atoms with E-state index in [2.05, 4.69) is 20.4 Å². The summed E-state index contributed by atoms with van der Waals surface area (Å²) in [5.41, 5.74) is 4.52. The lowest BCUT2D eigenvalue weighted by molar-refractivity contribution is -0.141. The maximum Gasteiger partial charge on any atom is 0.433 e. The van der Waals surface area contributed by atoms with Gasteiger partial charge in [0.1, 0.15) is 24.1 Å². The number of aromatic nitrogens is 5. The second-order valence-electron chi connectivity index (χ2n) is 14.1.